The molecule has 0 aromatic heterocycles. The van der Waals surface area contributed by atoms with Gasteiger partial charge in [-0.2, -0.15) is 10.3 Å². The maximum Gasteiger partial charge on any atom is 0.0991 e. The van der Waals surface area contributed by atoms with Crippen molar-refractivity contribution in [3.63, 3.8) is 0 Å². The summed E-state index contributed by atoms with van der Waals surface area (Å²) < 4.78 is 0. The number of nitrogens with zero attached hydrogens (tertiary/aromatic N) is 2. The van der Waals surface area contributed by atoms with Gasteiger partial charge in [0, 0.05) is 13.0 Å². The third-order valence-electron chi connectivity index (χ3n) is 2.46. The molecule has 0 saturated heterocycles. The average molecular weight is 233 g/mol. The summed E-state index contributed by atoms with van der Waals surface area (Å²) >= 11 is 0. The highest BCUT2D eigenvalue weighted by Gasteiger charge is 2.13. The molecule has 0 amide bonds. The topological polar surface area (TPSA) is 73.3 Å². The molecule has 0 bridgehead atoms. The van der Waals surface area contributed by atoms with Gasteiger partial charge >= 0.3 is 0 Å². The molecule has 0 aliphatic carbocycles. The van der Waals surface area contributed by atoms with Gasteiger partial charge in [-0.1, -0.05) is 26.0 Å². The van der Waals surface area contributed by atoms with Gasteiger partial charge in [0.2, 0.25) is 0 Å². The van der Waals surface area contributed by atoms with Gasteiger partial charge in [0.25, 0.3) is 0 Å². The van der Waals surface area contributed by atoms with E-state index in [2.05, 4.69) is 6.07 Å². The molecule has 0 saturated carbocycles. The summed E-state index contributed by atoms with van der Waals surface area (Å²) in [6.07, 6.45) is 0.153. The van der Waals surface area contributed by atoms with E-state index in [0.717, 1.165) is 5.56 Å². The molecule has 1 atom stereocenters. The van der Waals surface area contributed by atoms with Crippen LogP contribution in [0.4, 0.5) is 0 Å². The summed E-state index contributed by atoms with van der Waals surface area (Å²) in [5.41, 5.74) is 7.52. The van der Waals surface area contributed by atoms with E-state index in [9.17, 15) is 5.21 Å². The van der Waals surface area contributed by atoms with Crippen molar-refractivity contribution >= 4 is 0 Å². The molecular formula is C13H19N3O. The Balaban J connectivity index is 2.55. The molecule has 4 heteroatoms. The van der Waals surface area contributed by atoms with Crippen molar-refractivity contribution in [2.24, 2.45) is 11.7 Å². The summed E-state index contributed by atoms with van der Waals surface area (Å²) in [5, 5.41) is 19.6. The monoisotopic (exact) mass is 233 g/mol. The van der Waals surface area contributed by atoms with E-state index in [1.54, 1.807) is 12.1 Å². The molecule has 3 N–H and O–H groups in total. The summed E-state index contributed by atoms with van der Waals surface area (Å²) in [7, 11) is 0. The number of nitriles is 1. The summed E-state index contributed by atoms with van der Waals surface area (Å²) in [6, 6.07) is 9.30. The Morgan fingerprint density at radius 2 is 1.94 bits per heavy atom. The number of hydrogen-bond acceptors (Lipinski definition) is 4. The maximum absolute atomic E-state index is 9.71. The Bertz CT molecular complexity index is 381. The third-order valence-corrected chi connectivity index (χ3v) is 2.46. The minimum atomic E-state index is -0.412. The second-order valence-electron chi connectivity index (χ2n) is 4.60. The second-order valence-corrected chi connectivity index (χ2v) is 4.60. The molecule has 0 aliphatic rings. The van der Waals surface area contributed by atoms with Crippen molar-refractivity contribution in [2.75, 3.05) is 6.54 Å². The Morgan fingerprint density at radius 3 is 2.41 bits per heavy atom. The van der Waals surface area contributed by atoms with Gasteiger partial charge in [0.1, 0.15) is 0 Å². The zero-order chi connectivity index (χ0) is 12.8. The van der Waals surface area contributed by atoms with Crippen molar-refractivity contribution in [2.45, 2.75) is 26.4 Å². The fraction of sp³-hybridized carbons (Fsp3) is 0.462. The molecule has 1 rings (SSSR count). The average Bonchev–Trinajstić information content (AvgIpc) is 2.29. The SMILES string of the molecule is CC(C)CN(O)[C@H](N)Cc1ccc(C#N)cc1. The highest BCUT2D eigenvalue weighted by atomic mass is 16.5. The maximum atomic E-state index is 9.71. The summed E-state index contributed by atoms with van der Waals surface area (Å²) in [5.74, 6) is 0.368. The lowest BCUT2D eigenvalue weighted by molar-refractivity contribution is -0.132. The van der Waals surface area contributed by atoms with Gasteiger partial charge in [-0.25, -0.2) is 0 Å². The first-order valence-corrected chi connectivity index (χ1v) is 5.73. The van der Waals surface area contributed by atoms with Crippen LogP contribution >= 0.6 is 0 Å². The Morgan fingerprint density at radius 1 is 1.35 bits per heavy atom. The number of benzene rings is 1. The van der Waals surface area contributed by atoms with Crippen LogP contribution in [-0.2, 0) is 6.42 Å². The predicted octanol–water partition coefficient (Wildman–Crippen LogP) is 1.73. The van der Waals surface area contributed by atoms with E-state index in [1.807, 2.05) is 26.0 Å². The lowest BCUT2D eigenvalue weighted by Gasteiger charge is -2.24. The van der Waals surface area contributed by atoms with Crippen molar-refractivity contribution < 1.29 is 5.21 Å². The molecule has 0 unspecified atom stereocenters. The largest absolute Gasteiger partial charge is 0.314 e. The zero-order valence-electron chi connectivity index (χ0n) is 10.3. The summed E-state index contributed by atoms with van der Waals surface area (Å²) in [4.78, 5) is 0. The van der Waals surface area contributed by atoms with Gasteiger partial charge in [-0.3, -0.25) is 0 Å². The zero-order valence-corrected chi connectivity index (χ0v) is 10.3. The highest BCUT2D eigenvalue weighted by Crippen LogP contribution is 2.08. The predicted molar refractivity (Wildman–Crippen MR) is 66.2 cm³/mol. The smallest absolute Gasteiger partial charge is 0.0991 e. The van der Waals surface area contributed by atoms with Crippen molar-refractivity contribution in [3.8, 4) is 6.07 Å². The van der Waals surface area contributed by atoms with E-state index in [0.29, 0.717) is 24.4 Å². The molecule has 0 spiro atoms. The first-order valence-electron chi connectivity index (χ1n) is 5.73. The van der Waals surface area contributed by atoms with Crippen LogP contribution in [0.1, 0.15) is 25.0 Å². The molecule has 0 heterocycles. The van der Waals surface area contributed by atoms with Crippen molar-refractivity contribution in [1.29, 1.82) is 5.26 Å². The van der Waals surface area contributed by atoms with Crippen molar-refractivity contribution in [3.05, 3.63) is 35.4 Å². The molecule has 92 valence electrons. The number of hydroxylamine groups is 2. The van der Waals surface area contributed by atoms with E-state index in [-0.39, 0.29) is 0 Å². The van der Waals surface area contributed by atoms with E-state index < -0.39 is 6.17 Å². The number of hydrogen-bond donors (Lipinski definition) is 2. The first-order chi connectivity index (χ1) is 8.02. The standard InChI is InChI=1S/C13H19N3O/c1-10(2)9-16(17)13(15)7-11-3-5-12(8-14)6-4-11/h3-6,10,13,17H,7,9,15H2,1-2H3/t13-/m0/s1. The molecule has 1 aromatic rings. The normalized spacial score (nSPS) is 12.8. The van der Waals surface area contributed by atoms with E-state index in [4.69, 9.17) is 11.0 Å². The molecule has 1 aromatic carbocycles. The van der Waals surface area contributed by atoms with Gasteiger partial charge in [-0.05, 0) is 23.6 Å². The van der Waals surface area contributed by atoms with Gasteiger partial charge in [0.05, 0.1) is 17.8 Å². The molecule has 0 radical (unpaired) electrons. The van der Waals surface area contributed by atoms with Gasteiger partial charge in [-0.15, -0.1) is 0 Å². The molecular weight excluding hydrogens is 214 g/mol. The van der Waals surface area contributed by atoms with Crippen molar-refractivity contribution in [1.82, 2.24) is 5.06 Å². The van der Waals surface area contributed by atoms with Crippen LogP contribution in [0.2, 0.25) is 0 Å². The van der Waals surface area contributed by atoms with Crippen LogP contribution in [0, 0.1) is 17.2 Å². The fourth-order valence-corrected chi connectivity index (χ4v) is 1.57. The molecule has 4 nitrogen and oxygen atoms in total. The fourth-order valence-electron chi connectivity index (χ4n) is 1.57. The highest BCUT2D eigenvalue weighted by molar-refractivity contribution is 5.31. The first kappa shape index (κ1) is 13.7. The Labute approximate surface area is 102 Å². The quantitative estimate of drug-likeness (QED) is 0.600. The molecule has 0 fully saturated rings. The van der Waals surface area contributed by atoms with Crippen LogP contribution in [0.25, 0.3) is 0 Å². The van der Waals surface area contributed by atoms with Crippen LogP contribution < -0.4 is 5.73 Å². The molecule has 0 aliphatic heterocycles. The lowest BCUT2D eigenvalue weighted by Crippen LogP contribution is -2.43. The van der Waals surface area contributed by atoms with Gasteiger partial charge < -0.3 is 10.9 Å². The summed E-state index contributed by atoms with van der Waals surface area (Å²) in [6.45, 7) is 4.60. The van der Waals surface area contributed by atoms with Crippen LogP contribution in [0.3, 0.4) is 0 Å². The van der Waals surface area contributed by atoms with E-state index >= 15 is 0 Å². The van der Waals surface area contributed by atoms with E-state index in [1.165, 1.54) is 5.06 Å². The Hall–Kier alpha value is -1.41. The van der Waals surface area contributed by atoms with Crippen LogP contribution in [0.5, 0.6) is 0 Å². The third kappa shape index (κ3) is 4.53. The number of nitrogens with two attached hydrogens (primary N) is 1. The number of rotatable bonds is 5. The second kappa shape index (κ2) is 6.36. The lowest BCUT2D eigenvalue weighted by atomic mass is 10.1. The van der Waals surface area contributed by atoms with Crippen LogP contribution in [0.15, 0.2) is 24.3 Å². The van der Waals surface area contributed by atoms with Crippen LogP contribution in [-0.4, -0.2) is 23.0 Å². The van der Waals surface area contributed by atoms with Gasteiger partial charge in [0.15, 0.2) is 0 Å². The minimum Gasteiger partial charge on any atom is -0.314 e. The minimum absolute atomic E-state index is 0.368. The Kier molecular flexibility index (Phi) is 5.11. The molecule has 17 heavy (non-hydrogen) atoms.